The van der Waals surface area contributed by atoms with Crippen LogP contribution < -0.4 is 5.32 Å². The van der Waals surface area contributed by atoms with Crippen LogP contribution in [0.2, 0.25) is 10.0 Å². The molecule has 0 aliphatic rings. The number of hydrogen-bond acceptors (Lipinski definition) is 3. The SMILES string of the molecule is CCC(Sc1ccc(Cl)cc1)C(=O)Nc1ccc(Cl)cc1C(=O)c1ccccc1. The molecule has 1 amide bonds. The zero-order chi connectivity index (χ0) is 20.8. The first-order valence-corrected chi connectivity index (χ1v) is 10.7. The third-order valence-electron chi connectivity index (χ3n) is 4.28. The van der Waals surface area contributed by atoms with Crippen LogP contribution in [0, 0.1) is 0 Å². The molecular formula is C23H19Cl2NO2S. The number of thioether (sulfide) groups is 1. The summed E-state index contributed by atoms with van der Waals surface area (Å²) in [7, 11) is 0. The molecule has 29 heavy (non-hydrogen) atoms. The van der Waals surface area contributed by atoms with Crippen molar-refractivity contribution in [2.45, 2.75) is 23.5 Å². The van der Waals surface area contributed by atoms with Crippen molar-refractivity contribution >= 4 is 52.3 Å². The molecule has 0 radical (unpaired) electrons. The van der Waals surface area contributed by atoms with Gasteiger partial charge in [0.1, 0.15) is 0 Å². The molecule has 0 aliphatic heterocycles. The van der Waals surface area contributed by atoms with Crippen LogP contribution in [-0.4, -0.2) is 16.9 Å². The maximum absolute atomic E-state index is 12.9. The van der Waals surface area contributed by atoms with Crippen LogP contribution in [-0.2, 0) is 4.79 Å². The average Bonchev–Trinajstić information content (AvgIpc) is 2.74. The Morgan fingerprint density at radius 2 is 1.59 bits per heavy atom. The highest BCUT2D eigenvalue weighted by Gasteiger charge is 2.21. The topological polar surface area (TPSA) is 46.2 Å². The summed E-state index contributed by atoms with van der Waals surface area (Å²) in [6, 6.07) is 21.2. The van der Waals surface area contributed by atoms with Gasteiger partial charge in [0.05, 0.1) is 10.9 Å². The second kappa shape index (κ2) is 9.97. The van der Waals surface area contributed by atoms with Gasteiger partial charge in [0.15, 0.2) is 5.78 Å². The van der Waals surface area contributed by atoms with Crippen molar-refractivity contribution in [3.8, 4) is 0 Å². The van der Waals surface area contributed by atoms with E-state index in [-0.39, 0.29) is 16.9 Å². The second-order valence-electron chi connectivity index (χ2n) is 6.34. The fourth-order valence-corrected chi connectivity index (χ4v) is 4.02. The minimum Gasteiger partial charge on any atom is -0.324 e. The number of hydrogen-bond donors (Lipinski definition) is 1. The van der Waals surface area contributed by atoms with E-state index >= 15 is 0 Å². The highest BCUT2D eigenvalue weighted by atomic mass is 35.5. The van der Waals surface area contributed by atoms with Crippen molar-refractivity contribution < 1.29 is 9.59 Å². The molecule has 6 heteroatoms. The van der Waals surface area contributed by atoms with Crippen molar-refractivity contribution in [2.75, 3.05) is 5.32 Å². The zero-order valence-corrected chi connectivity index (χ0v) is 18.0. The lowest BCUT2D eigenvalue weighted by Gasteiger charge is -2.17. The van der Waals surface area contributed by atoms with E-state index in [1.54, 1.807) is 54.6 Å². The van der Waals surface area contributed by atoms with Gasteiger partial charge >= 0.3 is 0 Å². The lowest BCUT2D eigenvalue weighted by Crippen LogP contribution is -2.25. The summed E-state index contributed by atoms with van der Waals surface area (Å²) in [5.74, 6) is -0.362. The Morgan fingerprint density at radius 1 is 0.931 bits per heavy atom. The van der Waals surface area contributed by atoms with Gasteiger partial charge in [-0.2, -0.15) is 0 Å². The number of rotatable bonds is 7. The van der Waals surface area contributed by atoms with E-state index in [0.29, 0.717) is 33.3 Å². The summed E-state index contributed by atoms with van der Waals surface area (Å²) < 4.78 is 0. The standard InChI is InChI=1S/C23H19Cl2NO2S/c1-2-21(29-18-11-8-16(24)9-12-18)23(28)26-20-13-10-17(25)14-19(20)22(27)15-6-4-3-5-7-15/h3-14,21H,2H2,1H3,(H,26,28). The fourth-order valence-electron chi connectivity index (χ4n) is 2.77. The van der Waals surface area contributed by atoms with E-state index in [0.717, 1.165) is 4.90 Å². The van der Waals surface area contributed by atoms with Crippen molar-refractivity contribution in [3.05, 3.63) is 94.0 Å². The van der Waals surface area contributed by atoms with Gasteiger partial charge in [-0.3, -0.25) is 9.59 Å². The van der Waals surface area contributed by atoms with Crippen molar-refractivity contribution in [2.24, 2.45) is 0 Å². The molecular weight excluding hydrogens is 425 g/mol. The largest absolute Gasteiger partial charge is 0.324 e. The van der Waals surface area contributed by atoms with Crippen LogP contribution in [0.1, 0.15) is 29.3 Å². The van der Waals surface area contributed by atoms with E-state index in [4.69, 9.17) is 23.2 Å². The zero-order valence-electron chi connectivity index (χ0n) is 15.7. The molecule has 0 aromatic heterocycles. The van der Waals surface area contributed by atoms with Gasteiger partial charge < -0.3 is 5.32 Å². The molecule has 0 heterocycles. The van der Waals surface area contributed by atoms with Crippen LogP contribution >= 0.6 is 35.0 Å². The number of carbonyl (C=O) groups is 2. The van der Waals surface area contributed by atoms with Crippen LogP contribution in [0.5, 0.6) is 0 Å². The van der Waals surface area contributed by atoms with Crippen LogP contribution in [0.15, 0.2) is 77.7 Å². The first-order valence-electron chi connectivity index (χ1n) is 9.10. The molecule has 148 valence electrons. The predicted octanol–water partition coefficient (Wildman–Crippen LogP) is 6.73. The van der Waals surface area contributed by atoms with Crippen LogP contribution in [0.3, 0.4) is 0 Å². The van der Waals surface area contributed by atoms with Gasteiger partial charge in [-0.05, 0) is 48.9 Å². The number of nitrogens with one attached hydrogen (secondary N) is 1. The average molecular weight is 444 g/mol. The Labute approximate surface area is 184 Å². The molecule has 0 saturated carbocycles. The minimum atomic E-state index is -0.313. The monoisotopic (exact) mass is 443 g/mol. The maximum atomic E-state index is 12.9. The van der Waals surface area contributed by atoms with Gasteiger partial charge in [-0.15, -0.1) is 11.8 Å². The molecule has 0 spiro atoms. The Morgan fingerprint density at radius 3 is 2.24 bits per heavy atom. The Balaban J connectivity index is 1.82. The van der Waals surface area contributed by atoms with E-state index in [1.807, 2.05) is 25.1 Å². The lowest BCUT2D eigenvalue weighted by atomic mass is 10.0. The summed E-state index contributed by atoms with van der Waals surface area (Å²) in [5.41, 5.74) is 1.35. The van der Waals surface area contributed by atoms with E-state index < -0.39 is 0 Å². The van der Waals surface area contributed by atoms with Crippen molar-refractivity contribution in [3.63, 3.8) is 0 Å². The number of anilines is 1. The first-order chi connectivity index (χ1) is 14.0. The minimum absolute atomic E-state index is 0.170. The van der Waals surface area contributed by atoms with E-state index in [2.05, 4.69) is 5.32 Å². The number of ketones is 1. The quantitative estimate of drug-likeness (QED) is 0.325. The molecule has 0 fully saturated rings. The molecule has 3 aromatic carbocycles. The summed E-state index contributed by atoms with van der Waals surface area (Å²) in [5, 5.41) is 3.68. The molecule has 1 atom stereocenters. The van der Waals surface area contributed by atoms with Gasteiger partial charge in [0.25, 0.3) is 0 Å². The van der Waals surface area contributed by atoms with Crippen LogP contribution in [0.4, 0.5) is 5.69 Å². The molecule has 0 aliphatic carbocycles. The summed E-state index contributed by atoms with van der Waals surface area (Å²) in [6.07, 6.45) is 0.634. The number of benzene rings is 3. The third-order valence-corrected chi connectivity index (χ3v) is 6.14. The summed E-state index contributed by atoms with van der Waals surface area (Å²) >= 11 is 13.5. The molecule has 1 N–H and O–H groups in total. The fraction of sp³-hybridized carbons (Fsp3) is 0.130. The molecule has 0 saturated heterocycles. The van der Waals surface area contributed by atoms with E-state index in [9.17, 15) is 9.59 Å². The molecule has 3 rings (SSSR count). The number of halogens is 2. The van der Waals surface area contributed by atoms with Crippen molar-refractivity contribution in [1.29, 1.82) is 0 Å². The Bertz CT molecular complexity index is 1010. The smallest absolute Gasteiger partial charge is 0.237 e. The number of carbonyl (C=O) groups excluding carboxylic acids is 2. The third kappa shape index (κ3) is 5.63. The highest BCUT2D eigenvalue weighted by molar-refractivity contribution is 8.00. The van der Waals surface area contributed by atoms with Gasteiger partial charge in [0.2, 0.25) is 5.91 Å². The maximum Gasteiger partial charge on any atom is 0.237 e. The molecule has 0 bridgehead atoms. The first kappa shape index (κ1) is 21.4. The summed E-state index contributed by atoms with van der Waals surface area (Å²) in [6.45, 7) is 1.95. The highest BCUT2D eigenvalue weighted by Crippen LogP contribution is 2.29. The van der Waals surface area contributed by atoms with Gasteiger partial charge in [-0.25, -0.2) is 0 Å². The van der Waals surface area contributed by atoms with Gasteiger partial charge in [-0.1, -0.05) is 60.5 Å². The van der Waals surface area contributed by atoms with Gasteiger partial charge in [0, 0.05) is 26.1 Å². The van der Waals surface area contributed by atoms with Crippen LogP contribution in [0.25, 0.3) is 0 Å². The Hall–Kier alpha value is -2.27. The summed E-state index contributed by atoms with van der Waals surface area (Å²) in [4.78, 5) is 26.8. The second-order valence-corrected chi connectivity index (χ2v) is 8.49. The molecule has 1 unspecified atom stereocenters. The lowest BCUT2D eigenvalue weighted by molar-refractivity contribution is -0.115. The van der Waals surface area contributed by atoms with Crippen molar-refractivity contribution in [1.82, 2.24) is 0 Å². The normalized spacial score (nSPS) is 11.7. The number of amides is 1. The molecule has 3 aromatic rings. The Kier molecular flexibility index (Phi) is 7.37. The molecule has 3 nitrogen and oxygen atoms in total. The predicted molar refractivity (Wildman–Crippen MR) is 121 cm³/mol. The van der Waals surface area contributed by atoms with E-state index in [1.165, 1.54) is 11.8 Å².